The van der Waals surface area contributed by atoms with Crippen LogP contribution in [0.25, 0.3) is 0 Å². The number of anilines is 5. The molecule has 0 fully saturated rings. The Morgan fingerprint density at radius 2 is 1.23 bits per heavy atom. The molecule has 3 aromatic carbocycles. The number of hydrogen-bond acceptors (Lipinski definition) is 7. The van der Waals surface area contributed by atoms with E-state index in [1.807, 2.05) is 78.9 Å². The van der Waals surface area contributed by atoms with Crippen LogP contribution in [0.2, 0.25) is 5.02 Å². The van der Waals surface area contributed by atoms with Crippen molar-refractivity contribution in [3.05, 3.63) is 95.5 Å². The highest BCUT2D eigenvalue weighted by atomic mass is 35.5. The van der Waals surface area contributed by atoms with Crippen LogP contribution < -0.4 is 16.1 Å². The maximum Gasteiger partial charge on any atom is 0.250 e. The Balaban J connectivity index is 1.57. The molecule has 0 radical (unpaired) electrons. The molecule has 0 atom stereocenters. The van der Waals surface area contributed by atoms with E-state index in [0.717, 1.165) is 16.9 Å². The second-order valence-corrected chi connectivity index (χ2v) is 6.65. The Kier molecular flexibility index (Phi) is 6.12. The molecule has 7 nitrogen and oxygen atoms in total. The van der Waals surface area contributed by atoms with Crippen molar-refractivity contribution in [2.45, 2.75) is 0 Å². The van der Waals surface area contributed by atoms with Crippen molar-refractivity contribution >= 4 is 47.0 Å². The minimum Gasteiger partial charge on any atom is -0.324 e. The maximum atomic E-state index is 6.00. The second kappa shape index (κ2) is 9.49. The molecule has 0 bridgehead atoms. The lowest BCUT2D eigenvalue weighted by Gasteiger charge is -2.10. The van der Waals surface area contributed by atoms with Crippen LogP contribution in [0, 0.1) is 0 Å². The summed E-state index contributed by atoms with van der Waals surface area (Å²) in [4.78, 5) is 13.2. The number of benzene rings is 3. The van der Waals surface area contributed by atoms with Gasteiger partial charge in [-0.25, -0.2) is 5.43 Å². The molecule has 30 heavy (non-hydrogen) atoms. The van der Waals surface area contributed by atoms with Gasteiger partial charge in [0.2, 0.25) is 17.8 Å². The minimum absolute atomic E-state index is 0.292. The summed E-state index contributed by atoms with van der Waals surface area (Å²) in [5.74, 6) is 1.06. The number of nitrogens with zero attached hydrogens (tertiary/aromatic N) is 4. The van der Waals surface area contributed by atoms with E-state index in [9.17, 15) is 0 Å². The van der Waals surface area contributed by atoms with Crippen LogP contribution in [-0.4, -0.2) is 21.2 Å². The first-order chi connectivity index (χ1) is 14.7. The fraction of sp³-hybridized carbons (Fsp3) is 0. The lowest BCUT2D eigenvalue weighted by atomic mass is 10.2. The molecule has 0 saturated carbocycles. The first-order valence-corrected chi connectivity index (χ1v) is 9.57. The molecule has 4 rings (SSSR count). The number of aromatic nitrogens is 3. The first kappa shape index (κ1) is 19.4. The van der Waals surface area contributed by atoms with Crippen LogP contribution in [0.5, 0.6) is 0 Å². The average Bonchev–Trinajstić information content (AvgIpc) is 2.75. The Bertz CT molecular complexity index is 1070. The van der Waals surface area contributed by atoms with E-state index in [-0.39, 0.29) is 0 Å². The molecule has 1 aromatic heterocycles. The van der Waals surface area contributed by atoms with Crippen LogP contribution in [0.15, 0.2) is 90.0 Å². The van der Waals surface area contributed by atoms with Crippen molar-refractivity contribution in [2.75, 3.05) is 16.1 Å². The quantitative estimate of drug-likeness (QED) is 0.274. The highest BCUT2D eigenvalue weighted by Gasteiger charge is 2.07. The predicted molar refractivity (Wildman–Crippen MR) is 122 cm³/mol. The summed E-state index contributed by atoms with van der Waals surface area (Å²) in [6, 6.07) is 26.7. The third-order valence-electron chi connectivity index (χ3n) is 3.92. The molecule has 1 heterocycles. The monoisotopic (exact) mass is 415 g/mol. The molecule has 0 spiro atoms. The summed E-state index contributed by atoms with van der Waals surface area (Å²) in [6.07, 6.45) is 1.64. The molecule has 0 amide bonds. The molecule has 3 N–H and O–H groups in total. The number of rotatable bonds is 7. The van der Waals surface area contributed by atoms with E-state index in [1.54, 1.807) is 12.3 Å². The van der Waals surface area contributed by atoms with Gasteiger partial charge >= 0.3 is 0 Å². The molecule has 0 aliphatic heterocycles. The van der Waals surface area contributed by atoms with E-state index >= 15 is 0 Å². The van der Waals surface area contributed by atoms with Gasteiger partial charge in [0.25, 0.3) is 0 Å². The van der Waals surface area contributed by atoms with E-state index in [4.69, 9.17) is 11.6 Å². The second-order valence-electron chi connectivity index (χ2n) is 6.21. The van der Waals surface area contributed by atoms with Crippen LogP contribution in [0.4, 0.5) is 29.2 Å². The van der Waals surface area contributed by atoms with Gasteiger partial charge in [-0.15, -0.1) is 0 Å². The van der Waals surface area contributed by atoms with Gasteiger partial charge < -0.3 is 10.6 Å². The van der Waals surface area contributed by atoms with Crippen molar-refractivity contribution in [1.29, 1.82) is 0 Å². The maximum absolute atomic E-state index is 6.00. The van der Waals surface area contributed by atoms with Gasteiger partial charge in [0.05, 0.1) is 6.21 Å². The molecule has 0 unspecified atom stereocenters. The summed E-state index contributed by atoms with van der Waals surface area (Å²) in [5, 5.41) is 11.2. The topological polar surface area (TPSA) is 87.1 Å². The number of hydrazone groups is 1. The third-order valence-corrected chi connectivity index (χ3v) is 4.16. The van der Waals surface area contributed by atoms with Crippen molar-refractivity contribution in [3.8, 4) is 0 Å². The summed E-state index contributed by atoms with van der Waals surface area (Å²) < 4.78 is 0. The van der Waals surface area contributed by atoms with Crippen LogP contribution in [-0.2, 0) is 0 Å². The van der Waals surface area contributed by atoms with Gasteiger partial charge in [0, 0.05) is 16.4 Å². The Morgan fingerprint density at radius 1 is 0.667 bits per heavy atom. The van der Waals surface area contributed by atoms with Crippen molar-refractivity contribution in [1.82, 2.24) is 15.0 Å². The van der Waals surface area contributed by atoms with Crippen molar-refractivity contribution in [2.24, 2.45) is 5.10 Å². The zero-order chi connectivity index (χ0) is 20.6. The lowest BCUT2D eigenvalue weighted by molar-refractivity contribution is 1.04. The van der Waals surface area contributed by atoms with E-state index < -0.39 is 0 Å². The lowest BCUT2D eigenvalue weighted by Crippen LogP contribution is -2.07. The third kappa shape index (κ3) is 5.52. The highest BCUT2D eigenvalue weighted by Crippen LogP contribution is 2.18. The average molecular weight is 416 g/mol. The van der Waals surface area contributed by atoms with E-state index in [2.05, 4.69) is 36.1 Å². The molecule has 0 saturated heterocycles. The zero-order valence-electron chi connectivity index (χ0n) is 15.8. The van der Waals surface area contributed by atoms with Gasteiger partial charge in [-0.2, -0.15) is 20.1 Å². The van der Waals surface area contributed by atoms with Crippen molar-refractivity contribution < 1.29 is 0 Å². The normalized spacial score (nSPS) is 10.7. The van der Waals surface area contributed by atoms with E-state index in [0.29, 0.717) is 22.9 Å². The van der Waals surface area contributed by atoms with Crippen LogP contribution >= 0.6 is 11.6 Å². The summed E-state index contributed by atoms with van der Waals surface area (Å²) in [6.45, 7) is 0. The molecule has 0 aliphatic rings. The SMILES string of the molecule is Clc1cccc(/C=N\Nc2nc(Nc3ccccc3)nc(Nc3ccccc3)n2)c1. The van der Waals surface area contributed by atoms with Gasteiger partial charge in [-0.1, -0.05) is 60.1 Å². The summed E-state index contributed by atoms with van der Waals surface area (Å²) >= 11 is 6.00. The molecule has 0 aliphatic carbocycles. The Morgan fingerprint density at radius 3 is 1.80 bits per heavy atom. The molecular weight excluding hydrogens is 398 g/mol. The van der Waals surface area contributed by atoms with E-state index in [1.165, 1.54) is 0 Å². The van der Waals surface area contributed by atoms with Gasteiger partial charge in [0.15, 0.2) is 0 Å². The smallest absolute Gasteiger partial charge is 0.250 e. The fourth-order valence-electron chi connectivity index (χ4n) is 2.59. The standard InChI is InChI=1S/C22H18ClN7/c23-17-9-7-8-16(14-17)15-24-30-22-28-20(25-18-10-3-1-4-11-18)27-21(29-22)26-19-12-5-2-6-13-19/h1-15H,(H3,25,26,27,28,29,30)/b24-15-. The number of halogens is 1. The fourth-order valence-corrected chi connectivity index (χ4v) is 2.79. The zero-order valence-corrected chi connectivity index (χ0v) is 16.6. The Hall–Kier alpha value is -3.97. The number of para-hydroxylation sites is 2. The number of hydrogen-bond donors (Lipinski definition) is 3. The predicted octanol–water partition coefficient (Wildman–Crippen LogP) is 5.46. The minimum atomic E-state index is 0.292. The number of nitrogens with one attached hydrogen (secondary N) is 3. The van der Waals surface area contributed by atoms with Crippen LogP contribution in [0.3, 0.4) is 0 Å². The molecular formula is C22H18ClN7. The van der Waals surface area contributed by atoms with Gasteiger partial charge in [-0.3, -0.25) is 0 Å². The Labute approximate surface area is 178 Å². The molecule has 4 aromatic rings. The summed E-state index contributed by atoms with van der Waals surface area (Å²) in [7, 11) is 0. The largest absolute Gasteiger partial charge is 0.324 e. The van der Waals surface area contributed by atoms with Crippen LogP contribution in [0.1, 0.15) is 5.56 Å². The first-order valence-electron chi connectivity index (χ1n) is 9.19. The van der Waals surface area contributed by atoms with Gasteiger partial charge in [-0.05, 0) is 42.0 Å². The van der Waals surface area contributed by atoms with Gasteiger partial charge in [0.1, 0.15) is 0 Å². The van der Waals surface area contributed by atoms with Crippen molar-refractivity contribution in [3.63, 3.8) is 0 Å². The molecule has 8 heteroatoms. The summed E-state index contributed by atoms with van der Waals surface area (Å²) in [5.41, 5.74) is 5.43. The highest BCUT2D eigenvalue weighted by molar-refractivity contribution is 6.30. The molecule has 148 valence electrons.